The van der Waals surface area contributed by atoms with Crippen LogP contribution in [0.2, 0.25) is 0 Å². The Morgan fingerprint density at radius 3 is 2.47 bits per heavy atom. The molecule has 0 radical (unpaired) electrons. The van der Waals surface area contributed by atoms with Crippen LogP contribution in [0.1, 0.15) is 5.56 Å². The Morgan fingerprint density at radius 1 is 1.11 bits per heavy atom. The average molecular weight is 255 g/mol. The lowest BCUT2D eigenvalue weighted by atomic mass is 10.2. The van der Waals surface area contributed by atoms with Crippen molar-refractivity contribution >= 4 is 11.0 Å². The van der Waals surface area contributed by atoms with E-state index in [0.29, 0.717) is 5.69 Å². The van der Waals surface area contributed by atoms with E-state index in [1.807, 2.05) is 25.1 Å². The summed E-state index contributed by atoms with van der Waals surface area (Å²) in [7, 11) is 1.63. The summed E-state index contributed by atoms with van der Waals surface area (Å²) in [5.74, 6) is 0.920. The van der Waals surface area contributed by atoms with Crippen molar-refractivity contribution in [1.82, 2.24) is 15.0 Å². The van der Waals surface area contributed by atoms with Crippen LogP contribution in [0, 0.1) is 6.92 Å². The molecule has 0 amide bonds. The topological polar surface area (TPSA) is 60.2 Å². The highest BCUT2D eigenvalue weighted by Gasteiger charge is 2.10. The Bertz CT molecular complexity index is 750. The molecule has 1 heterocycles. The van der Waals surface area contributed by atoms with E-state index in [1.54, 1.807) is 25.3 Å². The minimum atomic E-state index is 0.145. The second-order valence-electron chi connectivity index (χ2n) is 4.29. The van der Waals surface area contributed by atoms with E-state index < -0.39 is 0 Å². The number of phenols is 1. The number of fused-ring (bicyclic) bond motifs is 1. The van der Waals surface area contributed by atoms with Gasteiger partial charge in [0.25, 0.3) is 0 Å². The van der Waals surface area contributed by atoms with Gasteiger partial charge in [-0.25, -0.2) is 0 Å². The quantitative estimate of drug-likeness (QED) is 0.764. The Labute approximate surface area is 110 Å². The molecular weight excluding hydrogens is 242 g/mol. The molecule has 0 bridgehead atoms. The number of phenolic OH excluding ortho intramolecular Hbond substituents is 1. The van der Waals surface area contributed by atoms with E-state index >= 15 is 0 Å². The first-order chi connectivity index (χ1) is 9.19. The average Bonchev–Trinajstić information content (AvgIpc) is 2.80. The highest BCUT2D eigenvalue weighted by Crippen LogP contribution is 2.25. The molecule has 5 heteroatoms. The molecule has 0 saturated heterocycles. The summed E-state index contributed by atoms with van der Waals surface area (Å²) in [5, 5.41) is 18.5. The van der Waals surface area contributed by atoms with Crippen molar-refractivity contribution in [2.75, 3.05) is 7.11 Å². The normalized spacial score (nSPS) is 10.8. The summed E-state index contributed by atoms with van der Waals surface area (Å²) < 4.78 is 5.27. The first kappa shape index (κ1) is 11.5. The number of rotatable bonds is 2. The molecule has 0 saturated carbocycles. The van der Waals surface area contributed by atoms with Crippen LogP contribution in [-0.4, -0.2) is 27.2 Å². The third kappa shape index (κ3) is 1.89. The van der Waals surface area contributed by atoms with E-state index in [9.17, 15) is 5.11 Å². The van der Waals surface area contributed by atoms with Crippen molar-refractivity contribution in [1.29, 1.82) is 0 Å². The monoisotopic (exact) mass is 255 g/mol. The SMILES string of the molecule is COc1cc2nn(-c3ccccc3O)nc2cc1C. The number of aromatic nitrogens is 3. The van der Waals surface area contributed by atoms with Gasteiger partial charge < -0.3 is 9.84 Å². The largest absolute Gasteiger partial charge is 0.506 e. The summed E-state index contributed by atoms with van der Waals surface area (Å²) >= 11 is 0. The molecule has 3 rings (SSSR count). The maximum Gasteiger partial charge on any atom is 0.143 e. The molecule has 0 atom stereocenters. The highest BCUT2D eigenvalue weighted by molar-refractivity contribution is 5.77. The predicted octanol–water partition coefficient (Wildman–Crippen LogP) is 2.44. The minimum absolute atomic E-state index is 0.145. The van der Waals surface area contributed by atoms with Gasteiger partial charge in [-0.3, -0.25) is 0 Å². The zero-order valence-corrected chi connectivity index (χ0v) is 10.7. The highest BCUT2D eigenvalue weighted by atomic mass is 16.5. The van der Waals surface area contributed by atoms with Gasteiger partial charge in [-0.2, -0.15) is 0 Å². The molecule has 96 valence electrons. The van der Waals surface area contributed by atoms with Crippen molar-refractivity contribution in [3.8, 4) is 17.2 Å². The number of para-hydroxylation sites is 2. The number of hydrogen-bond acceptors (Lipinski definition) is 4. The number of ether oxygens (including phenoxy) is 1. The fraction of sp³-hybridized carbons (Fsp3) is 0.143. The van der Waals surface area contributed by atoms with Crippen molar-refractivity contribution < 1.29 is 9.84 Å². The number of hydrogen-bond donors (Lipinski definition) is 1. The van der Waals surface area contributed by atoms with E-state index in [4.69, 9.17) is 4.74 Å². The smallest absolute Gasteiger partial charge is 0.143 e. The number of aryl methyl sites for hydroxylation is 1. The molecule has 19 heavy (non-hydrogen) atoms. The van der Waals surface area contributed by atoms with Gasteiger partial charge >= 0.3 is 0 Å². The maximum absolute atomic E-state index is 9.82. The summed E-state index contributed by atoms with van der Waals surface area (Å²) in [4.78, 5) is 1.43. The molecule has 3 aromatic rings. The standard InChI is InChI=1S/C14H13N3O2/c1-9-7-10-11(8-14(9)19-2)16-17(15-10)12-5-3-4-6-13(12)18/h3-8,18H,1-2H3. The first-order valence-corrected chi connectivity index (χ1v) is 5.89. The van der Waals surface area contributed by atoms with E-state index in [2.05, 4.69) is 10.2 Å². The Morgan fingerprint density at radius 2 is 1.79 bits per heavy atom. The van der Waals surface area contributed by atoms with Crippen LogP contribution in [0.3, 0.4) is 0 Å². The minimum Gasteiger partial charge on any atom is -0.506 e. The summed E-state index contributed by atoms with van der Waals surface area (Å²) in [5.41, 5.74) is 3.04. The number of nitrogens with zero attached hydrogens (tertiary/aromatic N) is 3. The van der Waals surface area contributed by atoms with E-state index in [-0.39, 0.29) is 5.75 Å². The Hall–Kier alpha value is -2.56. The molecule has 0 aliphatic heterocycles. The molecule has 0 spiro atoms. The molecule has 0 unspecified atom stereocenters. The molecule has 0 fully saturated rings. The molecule has 0 aliphatic rings. The van der Waals surface area contributed by atoms with Gasteiger partial charge in [0.05, 0.1) is 7.11 Å². The van der Waals surface area contributed by atoms with Crippen molar-refractivity contribution in [2.24, 2.45) is 0 Å². The fourth-order valence-corrected chi connectivity index (χ4v) is 2.01. The van der Waals surface area contributed by atoms with Gasteiger partial charge in [-0.1, -0.05) is 12.1 Å². The van der Waals surface area contributed by atoms with Crippen LogP contribution >= 0.6 is 0 Å². The second-order valence-corrected chi connectivity index (χ2v) is 4.29. The maximum atomic E-state index is 9.82. The van der Waals surface area contributed by atoms with Gasteiger partial charge in [0.2, 0.25) is 0 Å². The summed E-state index contributed by atoms with van der Waals surface area (Å²) in [6, 6.07) is 10.7. The van der Waals surface area contributed by atoms with Crippen LogP contribution in [0.15, 0.2) is 36.4 Å². The molecular formula is C14H13N3O2. The molecule has 1 N–H and O–H groups in total. The number of methoxy groups -OCH3 is 1. The number of benzene rings is 2. The van der Waals surface area contributed by atoms with Crippen molar-refractivity contribution in [3.05, 3.63) is 42.0 Å². The van der Waals surface area contributed by atoms with E-state index in [0.717, 1.165) is 22.3 Å². The Kier molecular flexibility index (Phi) is 2.59. The van der Waals surface area contributed by atoms with Gasteiger partial charge in [0.15, 0.2) is 0 Å². The molecule has 0 aliphatic carbocycles. The zero-order valence-electron chi connectivity index (χ0n) is 10.7. The third-order valence-electron chi connectivity index (χ3n) is 2.99. The van der Waals surface area contributed by atoms with Gasteiger partial charge in [0, 0.05) is 6.07 Å². The third-order valence-corrected chi connectivity index (χ3v) is 2.99. The lowest BCUT2D eigenvalue weighted by Gasteiger charge is -2.01. The summed E-state index contributed by atoms with van der Waals surface area (Å²) in [6.45, 7) is 1.96. The summed E-state index contributed by atoms with van der Waals surface area (Å²) in [6.07, 6.45) is 0. The van der Waals surface area contributed by atoms with Crippen LogP contribution < -0.4 is 4.74 Å². The Balaban J connectivity index is 2.20. The zero-order chi connectivity index (χ0) is 13.4. The van der Waals surface area contributed by atoms with Crippen LogP contribution in [0.4, 0.5) is 0 Å². The predicted molar refractivity (Wildman–Crippen MR) is 71.8 cm³/mol. The fourth-order valence-electron chi connectivity index (χ4n) is 2.01. The van der Waals surface area contributed by atoms with E-state index in [1.165, 1.54) is 4.80 Å². The molecule has 5 nitrogen and oxygen atoms in total. The van der Waals surface area contributed by atoms with Crippen LogP contribution in [-0.2, 0) is 0 Å². The van der Waals surface area contributed by atoms with Crippen molar-refractivity contribution in [2.45, 2.75) is 6.92 Å². The second kappa shape index (κ2) is 4.28. The molecule has 1 aromatic heterocycles. The van der Waals surface area contributed by atoms with Gasteiger partial charge in [-0.05, 0) is 30.7 Å². The van der Waals surface area contributed by atoms with Crippen molar-refractivity contribution in [3.63, 3.8) is 0 Å². The van der Waals surface area contributed by atoms with Crippen LogP contribution in [0.5, 0.6) is 11.5 Å². The number of aromatic hydroxyl groups is 1. The van der Waals surface area contributed by atoms with Crippen LogP contribution in [0.25, 0.3) is 16.7 Å². The van der Waals surface area contributed by atoms with Gasteiger partial charge in [-0.15, -0.1) is 15.0 Å². The first-order valence-electron chi connectivity index (χ1n) is 5.89. The van der Waals surface area contributed by atoms with Gasteiger partial charge in [0.1, 0.15) is 28.2 Å². The lowest BCUT2D eigenvalue weighted by Crippen LogP contribution is -1.98. The molecule has 2 aromatic carbocycles. The lowest BCUT2D eigenvalue weighted by molar-refractivity contribution is 0.412.